The Balaban J connectivity index is 1.78. The Hall–Kier alpha value is -0.0300. The highest BCUT2D eigenvalue weighted by Gasteiger charge is 2.31. The van der Waals surface area contributed by atoms with Gasteiger partial charge in [-0.1, -0.05) is 6.07 Å². The molecule has 2 rings (SSSR count). The Kier molecular flexibility index (Phi) is 4.70. The van der Waals surface area contributed by atoms with Crippen LogP contribution >= 0.6 is 23.1 Å². The van der Waals surface area contributed by atoms with Crippen molar-refractivity contribution in [3.63, 3.8) is 0 Å². The average molecular weight is 257 g/mol. The molecule has 1 aliphatic rings. The molecular formula is C12H19NOS2. The number of ether oxygens (including phenoxy) is 1. The molecule has 4 heteroatoms. The first-order valence-electron chi connectivity index (χ1n) is 5.71. The predicted octanol–water partition coefficient (Wildman–Crippen LogP) is 2.75. The van der Waals surface area contributed by atoms with Crippen LogP contribution in [-0.2, 0) is 11.3 Å². The second kappa shape index (κ2) is 6.05. The summed E-state index contributed by atoms with van der Waals surface area (Å²) in [4.78, 5) is 1.42. The fourth-order valence-corrected chi connectivity index (χ4v) is 3.52. The third kappa shape index (κ3) is 3.23. The number of nitrogens with one attached hydrogen (secondary N) is 1. The highest BCUT2D eigenvalue weighted by molar-refractivity contribution is 8.00. The largest absolute Gasteiger partial charge is 0.381 e. The van der Waals surface area contributed by atoms with E-state index < -0.39 is 0 Å². The third-order valence-electron chi connectivity index (χ3n) is 3.16. The quantitative estimate of drug-likeness (QED) is 0.876. The topological polar surface area (TPSA) is 21.3 Å². The Morgan fingerprint density at radius 1 is 1.50 bits per heavy atom. The van der Waals surface area contributed by atoms with E-state index in [1.807, 2.05) is 23.1 Å². The summed E-state index contributed by atoms with van der Waals surface area (Å²) in [6.45, 7) is 3.93. The van der Waals surface area contributed by atoms with Crippen molar-refractivity contribution in [3.8, 4) is 0 Å². The molecule has 1 fully saturated rings. The van der Waals surface area contributed by atoms with E-state index >= 15 is 0 Å². The van der Waals surface area contributed by atoms with Gasteiger partial charge in [-0.2, -0.15) is 11.8 Å². The zero-order valence-corrected chi connectivity index (χ0v) is 11.3. The van der Waals surface area contributed by atoms with E-state index in [1.54, 1.807) is 0 Å². The van der Waals surface area contributed by atoms with Crippen molar-refractivity contribution in [2.75, 3.05) is 26.0 Å². The minimum absolute atomic E-state index is 0.398. The number of thiophene rings is 1. The monoisotopic (exact) mass is 257 g/mol. The fraction of sp³-hybridized carbons (Fsp3) is 0.667. The predicted molar refractivity (Wildman–Crippen MR) is 72.3 cm³/mol. The van der Waals surface area contributed by atoms with Crippen LogP contribution < -0.4 is 5.32 Å². The average Bonchev–Trinajstić information content (AvgIpc) is 2.83. The lowest BCUT2D eigenvalue weighted by Gasteiger charge is -2.35. The van der Waals surface area contributed by atoms with E-state index in [1.165, 1.54) is 17.7 Å². The maximum absolute atomic E-state index is 5.44. The van der Waals surface area contributed by atoms with Crippen molar-refractivity contribution in [2.45, 2.75) is 24.1 Å². The highest BCUT2D eigenvalue weighted by Crippen LogP contribution is 2.33. The van der Waals surface area contributed by atoms with Gasteiger partial charge < -0.3 is 10.1 Å². The molecule has 0 radical (unpaired) electrons. The summed E-state index contributed by atoms with van der Waals surface area (Å²) in [5, 5.41) is 5.72. The molecule has 0 spiro atoms. The van der Waals surface area contributed by atoms with Crippen molar-refractivity contribution in [2.24, 2.45) is 0 Å². The van der Waals surface area contributed by atoms with Gasteiger partial charge in [-0.3, -0.25) is 0 Å². The standard InChI is InChI=1S/C12H19NOS2/c1-15-12(4-6-14-7-5-12)10-13-9-11-3-2-8-16-11/h2-3,8,13H,4-7,9-10H2,1H3. The molecule has 1 aromatic heterocycles. The van der Waals surface area contributed by atoms with Gasteiger partial charge in [0.2, 0.25) is 0 Å². The molecule has 90 valence electrons. The van der Waals surface area contributed by atoms with Crippen LogP contribution in [0.4, 0.5) is 0 Å². The van der Waals surface area contributed by atoms with Gasteiger partial charge in [-0.15, -0.1) is 11.3 Å². The molecule has 16 heavy (non-hydrogen) atoms. The molecule has 0 amide bonds. The molecule has 1 saturated heterocycles. The minimum atomic E-state index is 0.398. The smallest absolute Gasteiger partial charge is 0.0479 e. The maximum atomic E-state index is 5.44. The first-order chi connectivity index (χ1) is 7.85. The molecule has 0 bridgehead atoms. The summed E-state index contributed by atoms with van der Waals surface area (Å²) in [5.41, 5.74) is 0. The van der Waals surface area contributed by atoms with Crippen LogP contribution in [0, 0.1) is 0 Å². The number of rotatable bonds is 5. The zero-order valence-electron chi connectivity index (χ0n) is 9.70. The molecule has 0 aliphatic carbocycles. The van der Waals surface area contributed by atoms with Crippen LogP contribution in [0.2, 0.25) is 0 Å². The summed E-state index contributed by atoms with van der Waals surface area (Å²) in [5.74, 6) is 0. The summed E-state index contributed by atoms with van der Waals surface area (Å²) >= 11 is 3.81. The Bertz CT molecular complexity index is 294. The van der Waals surface area contributed by atoms with Crippen LogP contribution in [0.15, 0.2) is 17.5 Å². The van der Waals surface area contributed by atoms with Crippen LogP contribution in [0.5, 0.6) is 0 Å². The lowest BCUT2D eigenvalue weighted by Crippen LogP contribution is -2.42. The zero-order chi connectivity index (χ0) is 11.3. The summed E-state index contributed by atoms with van der Waals surface area (Å²) in [6.07, 6.45) is 4.56. The van der Waals surface area contributed by atoms with Crippen LogP contribution in [0.1, 0.15) is 17.7 Å². The van der Waals surface area contributed by atoms with Crippen LogP contribution in [-0.4, -0.2) is 30.8 Å². The highest BCUT2D eigenvalue weighted by atomic mass is 32.2. The van der Waals surface area contributed by atoms with Gasteiger partial charge in [0.05, 0.1) is 0 Å². The number of hydrogen-bond acceptors (Lipinski definition) is 4. The van der Waals surface area contributed by atoms with Crippen molar-refractivity contribution < 1.29 is 4.74 Å². The molecule has 2 nitrogen and oxygen atoms in total. The molecule has 1 aliphatic heterocycles. The maximum Gasteiger partial charge on any atom is 0.0479 e. The van der Waals surface area contributed by atoms with Gasteiger partial charge in [0, 0.05) is 35.9 Å². The van der Waals surface area contributed by atoms with Crippen molar-refractivity contribution in [3.05, 3.63) is 22.4 Å². The van der Waals surface area contributed by atoms with E-state index in [0.29, 0.717) is 4.75 Å². The molecule has 0 atom stereocenters. The van der Waals surface area contributed by atoms with Crippen molar-refractivity contribution in [1.82, 2.24) is 5.32 Å². The Morgan fingerprint density at radius 3 is 2.94 bits per heavy atom. The first-order valence-corrected chi connectivity index (χ1v) is 7.81. The van der Waals surface area contributed by atoms with Gasteiger partial charge in [-0.05, 0) is 30.5 Å². The van der Waals surface area contributed by atoms with Gasteiger partial charge in [-0.25, -0.2) is 0 Å². The van der Waals surface area contributed by atoms with E-state index in [9.17, 15) is 0 Å². The SMILES string of the molecule is CSC1(CNCc2cccs2)CCOCC1. The van der Waals surface area contributed by atoms with Crippen LogP contribution in [0.3, 0.4) is 0 Å². The fourth-order valence-electron chi connectivity index (χ4n) is 2.02. The third-order valence-corrected chi connectivity index (χ3v) is 5.46. The van der Waals surface area contributed by atoms with E-state index in [4.69, 9.17) is 4.74 Å². The van der Waals surface area contributed by atoms with Crippen molar-refractivity contribution >= 4 is 23.1 Å². The number of hydrogen-bond donors (Lipinski definition) is 1. The summed E-state index contributed by atoms with van der Waals surface area (Å²) < 4.78 is 5.84. The van der Waals surface area contributed by atoms with Gasteiger partial charge in [0.25, 0.3) is 0 Å². The lowest BCUT2D eigenvalue weighted by molar-refractivity contribution is 0.0772. The van der Waals surface area contributed by atoms with E-state index in [-0.39, 0.29) is 0 Å². The molecule has 2 heterocycles. The normalized spacial score (nSPS) is 19.8. The second-order valence-corrected chi connectivity index (χ2v) is 6.49. The summed E-state index contributed by atoms with van der Waals surface area (Å²) in [6, 6.07) is 4.30. The van der Waals surface area contributed by atoms with Crippen molar-refractivity contribution in [1.29, 1.82) is 0 Å². The summed E-state index contributed by atoms with van der Waals surface area (Å²) in [7, 11) is 0. The minimum Gasteiger partial charge on any atom is -0.381 e. The van der Waals surface area contributed by atoms with Crippen LogP contribution in [0.25, 0.3) is 0 Å². The molecule has 0 aromatic carbocycles. The second-order valence-electron chi connectivity index (χ2n) is 4.18. The molecule has 1 N–H and O–H groups in total. The Labute approximate surface area is 106 Å². The molecule has 0 saturated carbocycles. The van der Waals surface area contributed by atoms with Gasteiger partial charge >= 0.3 is 0 Å². The molecular weight excluding hydrogens is 238 g/mol. The van der Waals surface area contributed by atoms with E-state index in [0.717, 1.165) is 26.3 Å². The molecule has 0 unspecified atom stereocenters. The first kappa shape index (κ1) is 12.4. The van der Waals surface area contributed by atoms with E-state index in [2.05, 4.69) is 29.1 Å². The molecule has 1 aromatic rings. The van der Waals surface area contributed by atoms with Gasteiger partial charge in [0.15, 0.2) is 0 Å². The lowest BCUT2D eigenvalue weighted by atomic mass is 9.99. The van der Waals surface area contributed by atoms with Gasteiger partial charge in [0.1, 0.15) is 0 Å². The number of thioether (sulfide) groups is 1. The Morgan fingerprint density at radius 2 is 2.31 bits per heavy atom.